The fourth-order valence-corrected chi connectivity index (χ4v) is 2.68. The molecule has 1 aromatic heterocycles. The van der Waals surface area contributed by atoms with Crippen molar-refractivity contribution < 1.29 is 4.79 Å². The lowest BCUT2D eigenvalue weighted by molar-refractivity contribution is 0.0744. The Morgan fingerprint density at radius 3 is 2.82 bits per heavy atom. The molecular weight excluding hydrogens is 276 g/mol. The molecule has 22 heavy (non-hydrogen) atoms. The SMILES string of the molecule is CN(C)c1ccc2c(c1)C(C#N)N(Cc1cccnc1)C2=O. The third-order valence-corrected chi connectivity index (χ3v) is 3.85. The highest BCUT2D eigenvalue weighted by molar-refractivity contribution is 6.00. The summed E-state index contributed by atoms with van der Waals surface area (Å²) in [4.78, 5) is 20.2. The van der Waals surface area contributed by atoms with Crippen molar-refractivity contribution in [2.24, 2.45) is 0 Å². The molecule has 3 rings (SSSR count). The molecule has 0 saturated heterocycles. The van der Waals surface area contributed by atoms with Gasteiger partial charge in [-0.1, -0.05) is 6.07 Å². The zero-order chi connectivity index (χ0) is 15.7. The molecule has 0 N–H and O–H groups in total. The number of hydrogen-bond donors (Lipinski definition) is 0. The van der Waals surface area contributed by atoms with Crippen LogP contribution in [0.1, 0.15) is 27.5 Å². The molecule has 1 aromatic carbocycles. The monoisotopic (exact) mass is 292 g/mol. The third-order valence-electron chi connectivity index (χ3n) is 3.85. The van der Waals surface area contributed by atoms with E-state index in [1.807, 2.05) is 43.3 Å². The number of carbonyl (C=O) groups is 1. The van der Waals surface area contributed by atoms with Crippen LogP contribution < -0.4 is 4.90 Å². The highest BCUT2D eigenvalue weighted by Gasteiger charge is 2.37. The number of rotatable bonds is 3. The van der Waals surface area contributed by atoms with E-state index in [1.54, 1.807) is 23.4 Å². The van der Waals surface area contributed by atoms with Gasteiger partial charge in [-0.15, -0.1) is 0 Å². The normalized spacial score (nSPS) is 16.3. The maximum absolute atomic E-state index is 12.6. The van der Waals surface area contributed by atoms with E-state index in [0.717, 1.165) is 16.8 Å². The number of aromatic nitrogens is 1. The van der Waals surface area contributed by atoms with Gasteiger partial charge in [0.05, 0.1) is 6.07 Å². The molecule has 2 aromatic rings. The molecule has 1 aliphatic rings. The van der Waals surface area contributed by atoms with E-state index >= 15 is 0 Å². The third kappa shape index (κ3) is 2.29. The van der Waals surface area contributed by atoms with Gasteiger partial charge in [0.2, 0.25) is 0 Å². The van der Waals surface area contributed by atoms with Gasteiger partial charge in [-0.05, 0) is 29.8 Å². The van der Waals surface area contributed by atoms with Crippen LogP contribution in [0.25, 0.3) is 0 Å². The van der Waals surface area contributed by atoms with Crippen molar-refractivity contribution in [1.82, 2.24) is 9.88 Å². The highest BCUT2D eigenvalue weighted by Crippen LogP contribution is 2.36. The minimum absolute atomic E-state index is 0.101. The van der Waals surface area contributed by atoms with Crippen molar-refractivity contribution >= 4 is 11.6 Å². The van der Waals surface area contributed by atoms with E-state index in [4.69, 9.17) is 0 Å². The van der Waals surface area contributed by atoms with Gasteiger partial charge in [-0.25, -0.2) is 0 Å². The van der Waals surface area contributed by atoms with E-state index < -0.39 is 6.04 Å². The molecule has 1 atom stereocenters. The number of nitrogens with zero attached hydrogens (tertiary/aromatic N) is 4. The van der Waals surface area contributed by atoms with Gasteiger partial charge in [-0.2, -0.15) is 5.26 Å². The van der Waals surface area contributed by atoms with Crippen LogP contribution >= 0.6 is 0 Å². The van der Waals surface area contributed by atoms with Crippen molar-refractivity contribution in [2.45, 2.75) is 12.6 Å². The van der Waals surface area contributed by atoms with Crippen LogP contribution in [0.15, 0.2) is 42.7 Å². The van der Waals surface area contributed by atoms with Crippen LogP contribution in [0.4, 0.5) is 5.69 Å². The maximum Gasteiger partial charge on any atom is 0.255 e. The number of benzene rings is 1. The molecule has 0 radical (unpaired) electrons. The molecule has 0 aliphatic carbocycles. The van der Waals surface area contributed by atoms with Gasteiger partial charge in [-0.3, -0.25) is 9.78 Å². The molecule has 1 unspecified atom stereocenters. The Bertz CT molecular complexity index is 749. The fourth-order valence-electron chi connectivity index (χ4n) is 2.68. The zero-order valence-electron chi connectivity index (χ0n) is 12.5. The first-order valence-corrected chi connectivity index (χ1v) is 7.02. The summed E-state index contributed by atoms with van der Waals surface area (Å²) in [6, 6.07) is 11.1. The Morgan fingerprint density at radius 2 is 2.18 bits per heavy atom. The summed E-state index contributed by atoms with van der Waals surface area (Å²) in [7, 11) is 3.88. The predicted octanol–water partition coefficient (Wildman–Crippen LogP) is 2.37. The maximum atomic E-state index is 12.6. The number of fused-ring (bicyclic) bond motifs is 1. The number of carbonyl (C=O) groups excluding carboxylic acids is 1. The molecule has 5 nitrogen and oxygen atoms in total. The Kier molecular flexibility index (Phi) is 3.51. The molecule has 0 saturated carbocycles. The minimum atomic E-state index is -0.553. The first kappa shape index (κ1) is 14.1. The van der Waals surface area contributed by atoms with Gasteiger partial charge in [0.15, 0.2) is 0 Å². The smallest absolute Gasteiger partial charge is 0.255 e. The topological polar surface area (TPSA) is 60.2 Å². The quantitative estimate of drug-likeness (QED) is 0.871. The van der Waals surface area contributed by atoms with Gasteiger partial charge in [0.1, 0.15) is 6.04 Å². The Labute approximate surface area is 129 Å². The van der Waals surface area contributed by atoms with E-state index in [9.17, 15) is 10.1 Å². The Balaban J connectivity index is 1.98. The summed E-state index contributed by atoms with van der Waals surface area (Å²) in [5.74, 6) is -0.101. The lowest BCUT2D eigenvalue weighted by Gasteiger charge is -2.20. The number of anilines is 1. The van der Waals surface area contributed by atoms with Crippen LogP contribution in [0.3, 0.4) is 0 Å². The molecule has 2 heterocycles. The molecule has 0 fully saturated rings. The van der Waals surface area contributed by atoms with Crippen LogP contribution in [0.5, 0.6) is 0 Å². The van der Waals surface area contributed by atoms with E-state index in [-0.39, 0.29) is 5.91 Å². The van der Waals surface area contributed by atoms with Crippen molar-refractivity contribution in [3.05, 3.63) is 59.4 Å². The van der Waals surface area contributed by atoms with Crippen molar-refractivity contribution in [2.75, 3.05) is 19.0 Å². The number of nitriles is 1. The van der Waals surface area contributed by atoms with E-state index in [1.165, 1.54) is 0 Å². The average Bonchev–Trinajstić information content (AvgIpc) is 2.80. The van der Waals surface area contributed by atoms with Gasteiger partial charge < -0.3 is 9.80 Å². The summed E-state index contributed by atoms with van der Waals surface area (Å²) in [5.41, 5.74) is 3.29. The van der Waals surface area contributed by atoms with Gasteiger partial charge in [0.25, 0.3) is 5.91 Å². The number of amides is 1. The lowest BCUT2D eigenvalue weighted by Crippen LogP contribution is -2.26. The summed E-state index contributed by atoms with van der Waals surface area (Å²) in [5, 5.41) is 9.54. The number of hydrogen-bond acceptors (Lipinski definition) is 4. The Hall–Kier alpha value is -2.87. The molecule has 110 valence electrons. The zero-order valence-corrected chi connectivity index (χ0v) is 12.5. The minimum Gasteiger partial charge on any atom is -0.378 e. The summed E-state index contributed by atoms with van der Waals surface area (Å²) in [6.45, 7) is 0.386. The van der Waals surface area contributed by atoms with Crippen molar-refractivity contribution in [3.63, 3.8) is 0 Å². The van der Waals surface area contributed by atoms with Crippen LogP contribution in [0, 0.1) is 11.3 Å². The highest BCUT2D eigenvalue weighted by atomic mass is 16.2. The van der Waals surface area contributed by atoms with Crippen LogP contribution in [-0.2, 0) is 6.54 Å². The molecule has 1 aliphatic heterocycles. The van der Waals surface area contributed by atoms with Gasteiger partial charge >= 0.3 is 0 Å². The Morgan fingerprint density at radius 1 is 1.36 bits per heavy atom. The van der Waals surface area contributed by atoms with E-state index in [0.29, 0.717) is 12.1 Å². The summed E-state index contributed by atoms with van der Waals surface area (Å²) in [6.07, 6.45) is 3.41. The predicted molar refractivity (Wildman–Crippen MR) is 83.2 cm³/mol. The summed E-state index contributed by atoms with van der Waals surface area (Å²) >= 11 is 0. The summed E-state index contributed by atoms with van der Waals surface area (Å²) < 4.78 is 0. The van der Waals surface area contributed by atoms with E-state index in [2.05, 4.69) is 11.1 Å². The first-order chi connectivity index (χ1) is 10.6. The largest absolute Gasteiger partial charge is 0.378 e. The second-order valence-electron chi connectivity index (χ2n) is 5.49. The van der Waals surface area contributed by atoms with Crippen molar-refractivity contribution in [3.8, 4) is 6.07 Å². The van der Waals surface area contributed by atoms with Crippen LogP contribution in [-0.4, -0.2) is 29.9 Å². The second kappa shape index (κ2) is 5.49. The molecular formula is C17H16N4O. The molecule has 0 spiro atoms. The number of pyridine rings is 1. The second-order valence-corrected chi connectivity index (χ2v) is 5.49. The van der Waals surface area contributed by atoms with Gasteiger partial charge in [0, 0.05) is 49.8 Å². The molecule has 1 amide bonds. The fraction of sp³-hybridized carbons (Fsp3) is 0.235. The van der Waals surface area contributed by atoms with Crippen LogP contribution in [0.2, 0.25) is 0 Å². The first-order valence-electron chi connectivity index (χ1n) is 7.02. The van der Waals surface area contributed by atoms with Crippen molar-refractivity contribution in [1.29, 1.82) is 5.26 Å². The average molecular weight is 292 g/mol. The molecule has 0 bridgehead atoms. The molecule has 5 heteroatoms. The lowest BCUT2D eigenvalue weighted by atomic mass is 10.0. The standard InChI is InChI=1S/C17H16N4O/c1-20(2)13-5-6-14-15(8-13)16(9-18)21(17(14)22)11-12-4-3-7-19-10-12/h3-8,10,16H,11H2,1-2H3.